The standard InChI is InChI=1S/C11H20F3NO/c1-3-9-7-15-8-10(2,16-9)5-4-6-11(12,13)14/h9,15H,3-8H2,1-2H3. The van der Waals surface area contributed by atoms with Crippen molar-refractivity contribution in [2.45, 2.75) is 57.4 Å². The Kier molecular flexibility index (Phi) is 4.62. The van der Waals surface area contributed by atoms with Gasteiger partial charge in [0.05, 0.1) is 11.7 Å². The van der Waals surface area contributed by atoms with Crippen LogP contribution in [0.4, 0.5) is 13.2 Å². The monoisotopic (exact) mass is 239 g/mol. The molecular formula is C11H20F3NO. The summed E-state index contributed by atoms with van der Waals surface area (Å²) in [5.74, 6) is 0. The largest absolute Gasteiger partial charge is 0.389 e. The van der Waals surface area contributed by atoms with E-state index in [-0.39, 0.29) is 12.5 Å². The number of alkyl halides is 3. The third-order valence-corrected chi connectivity index (χ3v) is 2.94. The van der Waals surface area contributed by atoms with Crippen LogP contribution in [-0.2, 0) is 4.74 Å². The van der Waals surface area contributed by atoms with Crippen molar-refractivity contribution in [3.63, 3.8) is 0 Å². The third kappa shape index (κ3) is 4.70. The summed E-state index contributed by atoms with van der Waals surface area (Å²) in [4.78, 5) is 0. The van der Waals surface area contributed by atoms with Crippen LogP contribution in [-0.4, -0.2) is 31.0 Å². The minimum Gasteiger partial charge on any atom is -0.369 e. The second-order valence-electron chi connectivity index (χ2n) is 4.70. The first-order chi connectivity index (χ1) is 7.35. The van der Waals surface area contributed by atoms with Crippen molar-refractivity contribution in [1.29, 1.82) is 0 Å². The number of ether oxygens (including phenoxy) is 1. The Labute approximate surface area is 94.5 Å². The molecule has 0 radical (unpaired) electrons. The maximum absolute atomic E-state index is 12.0. The molecule has 0 aromatic rings. The van der Waals surface area contributed by atoms with Gasteiger partial charge >= 0.3 is 6.18 Å². The summed E-state index contributed by atoms with van der Waals surface area (Å²) in [6.45, 7) is 5.35. The predicted octanol–water partition coefficient (Wildman–Crippen LogP) is 2.88. The van der Waals surface area contributed by atoms with Gasteiger partial charge in [0.15, 0.2) is 0 Å². The van der Waals surface area contributed by atoms with Crippen molar-refractivity contribution < 1.29 is 17.9 Å². The predicted molar refractivity (Wildman–Crippen MR) is 56.3 cm³/mol. The summed E-state index contributed by atoms with van der Waals surface area (Å²) in [5, 5.41) is 3.22. The van der Waals surface area contributed by atoms with Gasteiger partial charge in [-0.1, -0.05) is 6.92 Å². The quantitative estimate of drug-likeness (QED) is 0.814. The molecule has 0 aromatic heterocycles. The van der Waals surface area contributed by atoms with Crippen LogP contribution in [0.3, 0.4) is 0 Å². The molecule has 1 N–H and O–H groups in total. The van der Waals surface area contributed by atoms with E-state index in [4.69, 9.17) is 4.74 Å². The highest BCUT2D eigenvalue weighted by molar-refractivity contribution is 4.85. The average molecular weight is 239 g/mol. The summed E-state index contributed by atoms with van der Waals surface area (Å²) in [6.07, 6.45) is -3.16. The molecule has 16 heavy (non-hydrogen) atoms. The molecule has 1 heterocycles. The van der Waals surface area contributed by atoms with Gasteiger partial charge in [-0.3, -0.25) is 0 Å². The SMILES string of the molecule is CCC1CNCC(C)(CCCC(F)(F)F)O1. The molecule has 1 rings (SSSR count). The molecule has 0 spiro atoms. The lowest BCUT2D eigenvalue weighted by Crippen LogP contribution is -2.52. The van der Waals surface area contributed by atoms with Gasteiger partial charge in [0, 0.05) is 19.5 Å². The van der Waals surface area contributed by atoms with E-state index in [2.05, 4.69) is 5.32 Å². The Morgan fingerprint density at radius 2 is 2.12 bits per heavy atom. The summed E-state index contributed by atoms with van der Waals surface area (Å²) in [7, 11) is 0. The van der Waals surface area contributed by atoms with E-state index < -0.39 is 18.2 Å². The van der Waals surface area contributed by atoms with Crippen molar-refractivity contribution >= 4 is 0 Å². The van der Waals surface area contributed by atoms with E-state index in [1.54, 1.807) is 0 Å². The minimum atomic E-state index is -4.05. The minimum absolute atomic E-state index is 0.129. The highest BCUT2D eigenvalue weighted by Crippen LogP contribution is 2.28. The van der Waals surface area contributed by atoms with Crippen molar-refractivity contribution in [2.75, 3.05) is 13.1 Å². The fourth-order valence-electron chi connectivity index (χ4n) is 2.02. The lowest BCUT2D eigenvalue weighted by Gasteiger charge is -2.39. The number of hydrogen-bond donors (Lipinski definition) is 1. The molecular weight excluding hydrogens is 219 g/mol. The molecule has 1 aliphatic heterocycles. The van der Waals surface area contributed by atoms with E-state index in [1.807, 2.05) is 13.8 Å². The molecule has 1 saturated heterocycles. The molecule has 0 bridgehead atoms. The number of rotatable bonds is 4. The van der Waals surface area contributed by atoms with Gasteiger partial charge in [-0.2, -0.15) is 13.2 Å². The van der Waals surface area contributed by atoms with Crippen LogP contribution in [0.1, 0.15) is 39.5 Å². The Morgan fingerprint density at radius 3 is 2.69 bits per heavy atom. The molecule has 1 aliphatic rings. The number of hydrogen-bond acceptors (Lipinski definition) is 2. The van der Waals surface area contributed by atoms with Crippen LogP contribution >= 0.6 is 0 Å². The average Bonchev–Trinajstić information content (AvgIpc) is 2.15. The first kappa shape index (κ1) is 13.8. The zero-order valence-corrected chi connectivity index (χ0v) is 9.86. The summed E-state index contributed by atoms with van der Waals surface area (Å²) in [6, 6.07) is 0. The zero-order chi connectivity index (χ0) is 12.2. The maximum atomic E-state index is 12.0. The second kappa shape index (κ2) is 5.36. The molecule has 0 aromatic carbocycles. The Morgan fingerprint density at radius 1 is 1.44 bits per heavy atom. The Balaban J connectivity index is 2.33. The van der Waals surface area contributed by atoms with Crippen LogP contribution in [0, 0.1) is 0 Å². The van der Waals surface area contributed by atoms with Gasteiger partial charge < -0.3 is 10.1 Å². The molecule has 96 valence electrons. The van der Waals surface area contributed by atoms with Crippen molar-refractivity contribution in [2.24, 2.45) is 0 Å². The van der Waals surface area contributed by atoms with Gasteiger partial charge in [0.2, 0.25) is 0 Å². The van der Waals surface area contributed by atoms with Gasteiger partial charge in [-0.05, 0) is 26.2 Å². The van der Waals surface area contributed by atoms with Crippen LogP contribution in [0.5, 0.6) is 0 Å². The Bertz CT molecular complexity index is 220. The van der Waals surface area contributed by atoms with E-state index in [0.717, 1.165) is 13.0 Å². The number of halogens is 3. The topological polar surface area (TPSA) is 21.3 Å². The van der Waals surface area contributed by atoms with Crippen LogP contribution in [0.25, 0.3) is 0 Å². The van der Waals surface area contributed by atoms with Gasteiger partial charge in [0.1, 0.15) is 0 Å². The molecule has 5 heteroatoms. The highest BCUT2D eigenvalue weighted by Gasteiger charge is 2.34. The lowest BCUT2D eigenvalue weighted by molar-refractivity contribution is -0.144. The fraction of sp³-hybridized carbons (Fsp3) is 1.00. The summed E-state index contributed by atoms with van der Waals surface area (Å²) in [5.41, 5.74) is -0.440. The molecule has 2 atom stereocenters. The van der Waals surface area contributed by atoms with E-state index >= 15 is 0 Å². The van der Waals surface area contributed by atoms with Crippen molar-refractivity contribution in [1.82, 2.24) is 5.32 Å². The van der Waals surface area contributed by atoms with Crippen molar-refractivity contribution in [3.8, 4) is 0 Å². The molecule has 1 fully saturated rings. The summed E-state index contributed by atoms with van der Waals surface area (Å²) >= 11 is 0. The third-order valence-electron chi connectivity index (χ3n) is 2.94. The fourth-order valence-corrected chi connectivity index (χ4v) is 2.02. The van der Waals surface area contributed by atoms with Gasteiger partial charge in [-0.25, -0.2) is 0 Å². The normalized spacial score (nSPS) is 31.7. The maximum Gasteiger partial charge on any atom is 0.389 e. The highest BCUT2D eigenvalue weighted by atomic mass is 19.4. The molecule has 2 nitrogen and oxygen atoms in total. The zero-order valence-electron chi connectivity index (χ0n) is 9.86. The van der Waals surface area contributed by atoms with Gasteiger partial charge in [-0.15, -0.1) is 0 Å². The van der Waals surface area contributed by atoms with Gasteiger partial charge in [0.25, 0.3) is 0 Å². The first-order valence-electron chi connectivity index (χ1n) is 5.80. The lowest BCUT2D eigenvalue weighted by atomic mass is 9.96. The van der Waals surface area contributed by atoms with E-state index in [1.165, 1.54) is 0 Å². The van der Waals surface area contributed by atoms with Crippen LogP contribution in [0.15, 0.2) is 0 Å². The Hall–Kier alpha value is -0.290. The van der Waals surface area contributed by atoms with E-state index in [9.17, 15) is 13.2 Å². The van der Waals surface area contributed by atoms with Crippen molar-refractivity contribution in [3.05, 3.63) is 0 Å². The molecule has 0 saturated carbocycles. The molecule has 0 amide bonds. The van der Waals surface area contributed by atoms with E-state index in [0.29, 0.717) is 13.0 Å². The second-order valence-corrected chi connectivity index (χ2v) is 4.70. The number of morpholine rings is 1. The molecule has 2 unspecified atom stereocenters. The first-order valence-corrected chi connectivity index (χ1v) is 5.80. The molecule has 0 aliphatic carbocycles. The number of nitrogens with one attached hydrogen (secondary N) is 1. The summed E-state index contributed by atoms with van der Waals surface area (Å²) < 4.78 is 41.9. The van der Waals surface area contributed by atoms with Crippen LogP contribution < -0.4 is 5.32 Å². The smallest absolute Gasteiger partial charge is 0.369 e. The van der Waals surface area contributed by atoms with Crippen LogP contribution in [0.2, 0.25) is 0 Å².